The Morgan fingerprint density at radius 3 is 2.67 bits per heavy atom. The van der Waals surface area contributed by atoms with Crippen LogP contribution in [0, 0.1) is 0 Å². The second-order valence-electron chi connectivity index (χ2n) is 2.64. The van der Waals surface area contributed by atoms with E-state index in [0.717, 1.165) is 13.0 Å². The van der Waals surface area contributed by atoms with Crippen molar-refractivity contribution < 1.29 is 0 Å². The fraction of sp³-hybridized carbons (Fsp3) is 1.00. The summed E-state index contributed by atoms with van der Waals surface area (Å²) in [4.78, 5) is 0. The third-order valence-corrected chi connectivity index (χ3v) is 2.23. The molecule has 2 heteroatoms. The second kappa shape index (κ2) is 2.67. The lowest BCUT2D eigenvalue weighted by molar-refractivity contribution is 0.300. The Kier molecular flexibility index (Phi) is 2.09. The van der Waals surface area contributed by atoms with E-state index in [-0.39, 0.29) is 5.66 Å². The van der Waals surface area contributed by atoms with Gasteiger partial charge in [-0.05, 0) is 25.8 Å². The van der Waals surface area contributed by atoms with Crippen molar-refractivity contribution in [3.05, 3.63) is 0 Å². The van der Waals surface area contributed by atoms with Gasteiger partial charge in [-0.1, -0.05) is 6.92 Å². The molecule has 0 unspecified atom stereocenters. The highest BCUT2D eigenvalue weighted by Crippen LogP contribution is 2.19. The Morgan fingerprint density at radius 1 is 1.67 bits per heavy atom. The highest BCUT2D eigenvalue weighted by Gasteiger charge is 2.29. The van der Waals surface area contributed by atoms with Gasteiger partial charge in [-0.2, -0.15) is 0 Å². The van der Waals surface area contributed by atoms with E-state index >= 15 is 0 Å². The molecule has 1 fully saturated rings. The van der Waals surface area contributed by atoms with Gasteiger partial charge in [0.05, 0.1) is 5.66 Å². The molecule has 1 aliphatic rings. The molecule has 1 heterocycles. The van der Waals surface area contributed by atoms with Crippen molar-refractivity contribution in [1.82, 2.24) is 10.6 Å². The summed E-state index contributed by atoms with van der Waals surface area (Å²) >= 11 is 0. The number of nitrogens with one attached hydrogen (secondary N) is 1. The Balaban J connectivity index is 2.45. The molecule has 1 saturated heterocycles. The predicted molar refractivity (Wildman–Crippen MR) is 38.3 cm³/mol. The fourth-order valence-electron chi connectivity index (χ4n) is 1.44. The maximum absolute atomic E-state index is 4.33. The van der Waals surface area contributed by atoms with Crippen LogP contribution in [0.4, 0.5) is 0 Å². The van der Waals surface area contributed by atoms with Crippen LogP contribution in [-0.4, -0.2) is 19.3 Å². The lowest BCUT2D eigenvalue weighted by Crippen LogP contribution is -2.46. The minimum Gasteiger partial charge on any atom is -0.298 e. The quantitative estimate of drug-likeness (QED) is 0.581. The third-order valence-electron chi connectivity index (χ3n) is 2.23. The number of nitrogens with zero attached hydrogens (tertiary/aromatic N) is 1. The standard InChI is InChI=1S/C7H15N2/c1-3-7(8-2)5-4-6-9-7/h9H,3-6H2,1-2H3/t7-/m0/s1. The molecule has 1 radical (unpaired) electrons. The van der Waals surface area contributed by atoms with Crippen LogP contribution in [0.5, 0.6) is 0 Å². The summed E-state index contributed by atoms with van der Waals surface area (Å²) in [6.45, 7) is 3.33. The van der Waals surface area contributed by atoms with Crippen molar-refractivity contribution in [2.45, 2.75) is 31.8 Å². The summed E-state index contributed by atoms with van der Waals surface area (Å²) in [5.74, 6) is 0. The van der Waals surface area contributed by atoms with Crippen LogP contribution >= 0.6 is 0 Å². The summed E-state index contributed by atoms with van der Waals surface area (Å²) in [6, 6.07) is 0. The molecule has 0 aromatic heterocycles. The Labute approximate surface area is 57.0 Å². The smallest absolute Gasteiger partial charge is 0.0843 e. The predicted octanol–water partition coefficient (Wildman–Crippen LogP) is 0.710. The molecular weight excluding hydrogens is 112 g/mol. The van der Waals surface area contributed by atoms with Crippen LogP contribution in [0.1, 0.15) is 26.2 Å². The van der Waals surface area contributed by atoms with Crippen molar-refractivity contribution in [2.75, 3.05) is 13.6 Å². The molecular formula is C7H15N2. The molecule has 0 aliphatic carbocycles. The van der Waals surface area contributed by atoms with Crippen molar-refractivity contribution in [2.24, 2.45) is 0 Å². The Morgan fingerprint density at radius 2 is 2.44 bits per heavy atom. The zero-order chi connectivity index (χ0) is 6.74. The number of rotatable bonds is 2. The summed E-state index contributed by atoms with van der Waals surface area (Å²) in [5, 5.41) is 7.73. The SMILES string of the molecule is CC[C@@]1([N]C)CCCN1. The van der Waals surface area contributed by atoms with E-state index in [0.29, 0.717) is 0 Å². The van der Waals surface area contributed by atoms with E-state index in [9.17, 15) is 0 Å². The zero-order valence-electron chi connectivity index (χ0n) is 6.28. The normalized spacial score (nSPS) is 35.3. The lowest BCUT2D eigenvalue weighted by Gasteiger charge is -2.25. The van der Waals surface area contributed by atoms with Crippen molar-refractivity contribution in [3.8, 4) is 0 Å². The first-order chi connectivity index (χ1) is 4.33. The Bertz CT molecular complexity index is 78.9. The first-order valence-electron chi connectivity index (χ1n) is 3.69. The van der Waals surface area contributed by atoms with Crippen LogP contribution in [0.2, 0.25) is 0 Å². The van der Waals surface area contributed by atoms with Crippen LogP contribution in [0.25, 0.3) is 0 Å². The van der Waals surface area contributed by atoms with E-state index in [1.54, 1.807) is 0 Å². The van der Waals surface area contributed by atoms with Gasteiger partial charge in [0.1, 0.15) is 0 Å². The maximum Gasteiger partial charge on any atom is 0.0843 e. The molecule has 1 N–H and O–H groups in total. The number of hydrogen-bond donors (Lipinski definition) is 1. The van der Waals surface area contributed by atoms with Crippen molar-refractivity contribution in [3.63, 3.8) is 0 Å². The zero-order valence-corrected chi connectivity index (χ0v) is 6.28. The van der Waals surface area contributed by atoms with Gasteiger partial charge in [0.2, 0.25) is 0 Å². The monoisotopic (exact) mass is 127 g/mol. The number of hydrogen-bond acceptors (Lipinski definition) is 1. The first-order valence-corrected chi connectivity index (χ1v) is 3.69. The van der Waals surface area contributed by atoms with Crippen LogP contribution < -0.4 is 10.6 Å². The van der Waals surface area contributed by atoms with Gasteiger partial charge in [0.25, 0.3) is 0 Å². The topological polar surface area (TPSA) is 26.1 Å². The summed E-state index contributed by atoms with van der Waals surface area (Å²) in [6.07, 6.45) is 3.63. The van der Waals surface area contributed by atoms with Crippen molar-refractivity contribution in [1.29, 1.82) is 0 Å². The molecule has 1 atom stereocenters. The second-order valence-corrected chi connectivity index (χ2v) is 2.64. The maximum atomic E-state index is 4.33. The molecule has 0 amide bonds. The average molecular weight is 127 g/mol. The van der Waals surface area contributed by atoms with Gasteiger partial charge in [0, 0.05) is 7.05 Å². The summed E-state index contributed by atoms with van der Waals surface area (Å²) < 4.78 is 0. The van der Waals surface area contributed by atoms with Gasteiger partial charge in [0.15, 0.2) is 0 Å². The van der Waals surface area contributed by atoms with Crippen LogP contribution in [-0.2, 0) is 0 Å². The Hall–Kier alpha value is -0.0800. The molecule has 1 rings (SSSR count). The molecule has 0 bridgehead atoms. The molecule has 9 heavy (non-hydrogen) atoms. The molecule has 0 spiro atoms. The fourth-order valence-corrected chi connectivity index (χ4v) is 1.44. The third kappa shape index (κ3) is 1.25. The summed E-state index contributed by atoms with van der Waals surface area (Å²) in [7, 11) is 1.90. The van der Waals surface area contributed by atoms with Gasteiger partial charge in [-0.15, -0.1) is 0 Å². The molecule has 53 valence electrons. The van der Waals surface area contributed by atoms with Gasteiger partial charge in [-0.25, -0.2) is 5.32 Å². The summed E-state index contributed by atoms with van der Waals surface area (Å²) in [5.41, 5.74) is 0.153. The van der Waals surface area contributed by atoms with E-state index in [2.05, 4.69) is 17.6 Å². The van der Waals surface area contributed by atoms with Gasteiger partial charge >= 0.3 is 0 Å². The average Bonchev–Trinajstić information content (AvgIpc) is 2.36. The van der Waals surface area contributed by atoms with E-state index in [1.165, 1.54) is 12.8 Å². The van der Waals surface area contributed by atoms with E-state index in [4.69, 9.17) is 0 Å². The van der Waals surface area contributed by atoms with Gasteiger partial charge in [-0.3, -0.25) is 5.32 Å². The molecule has 0 aromatic carbocycles. The van der Waals surface area contributed by atoms with Crippen LogP contribution in [0.15, 0.2) is 0 Å². The highest BCUT2D eigenvalue weighted by atomic mass is 15.2. The minimum absolute atomic E-state index is 0.153. The van der Waals surface area contributed by atoms with Crippen LogP contribution in [0.3, 0.4) is 0 Å². The molecule has 0 aromatic rings. The molecule has 2 nitrogen and oxygen atoms in total. The molecule has 0 saturated carbocycles. The van der Waals surface area contributed by atoms with Gasteiger partial charge < -0.3 is 0 Å². The highest BCUT2D eigenvalue weighted by molar-refractivity contribution is 4.87. The molecule has 1 aliphatic heterocycles. The largest absolute Gasteiger partial charge is 0.298 e. The lowest BCUT2D eigenvalue weighted by atomic mass is 10.1. The first kappa shape index (κ1) is 7.03. The van der Waals surface area contributed by atoms with E-state index in [1.807, 2.05) is 7.05 Å². The van der Waals surface area contributed by atoms with E-state index < -0.39 is 0 Å². The minimum atomic E-state index is 0.153. The van der Waals surface area contributed by atoms with Crippen molar-refractivity contribution >= 4 is 0 Å².